The lowest BCUT2D eigenvalue weighted by molar-refractivity contribution is -0.144. The number of ether oxygens (including phenoxy) is 1. The first-order valence-corrected chi connectivity index (χ1v) is 7.19. The van der Waals surface area contributed by atoms with Gasteiger partial charge in [-0.15, -0.1) is 0 Å². The number of rotatable bonds is 8. The van der Waals surface area contributed by atoms with E-state index in [4.69, 9.17) is 9.84 Å². The van der Waals surface area contributed by atoms with Crippen LogP contribution in [0.1, 0.15) is 36.0 Å². The Balaban J connectivity index is 1.88. The zero-order valence-corrected chi connectivity index (χ0v) is 12.4. The van der Waals surface area contributed by atoms with Gasteiger partial charge in [-0.3, -0.25) is 14.4 Å². The molecule has 118 valence electrons. The van der Waals surface area contributed by atoms with Crippen LogP contribution in [0.5, 0.6) is 5.75 Å². The highest BCUT2D eigenvalue weighted by Gasteiger charge is 2.33. The first kappa shape index (κ1) is 16.0. The van der Waals surface area contributed by atoms with Crippen molar-refractivity contribution >= 4 is 17.7 Å². The minimum atomic E-state index is -1.03. The molecule has 1 N–H and O–H groups in total. The van der Waals surface area contributed by atoms with Gasteiger partial charge in [0.15, 0.2) is 5.78 Å². The molecule has 1 amide bonds. The molecule has 0 bridgehead atoms. The fourth-order valence-corrected chi connectivity index (χ4v) is 2.24. The largest absolute Gasteiger partial charge is 0.497 e. The Bertz CT molecular complexity index is 562. The van der Waals surface area contributed by atoms with Crippen molar-refractivity contribution in [3.63, 3.8) is 0 Å². The van der Waals surface area contributed by atoms with Gasteiger partial charge >= 0.3 is 5.97 Å². The third kappa shape index (κ3) is 4.31. The van der Waals surface area contributed by atoms with Gasteiger partial charge in [0.25, 0.3) is 0 Å². The average molecular weight is 305 g/mol. The standard InChI is InChI=1S/C16H19NO5/c1-22-13-6-2-11(3-7-13)14(18)8-9-15(19)17(10-16(20)21)12-4-5-12/h2-3,6-7,12H,4-5,8-10H2,1H3,(H,20,21). The molecule has 0 spiro atoms. The lowest BCUT2D eigenvalue weighted by Crippen LogP contribution is -2.37. The number of methoxy groups -OCH3 is 1. The summed E-state index contributed by atoms with van der Waals surface area (Å²) in [6.45, 7) is -0.291. The first-order valence-electron chi connectivity index (χ1n) is 7.19. The number of carbonyl (C=O) groups excluding carboxylic acids is 2. The number of amides is 1. The van der Waals surface area contributed by atoms with E-state index in [0.717, 1.165) is 12.8 Å². The topological polar surface area (TPSA) is 83.9 Å². The maximum absolute atomic E-state index is 12.1. The average Bonchev–Trinajstić information content (AvgIpc) is 3.34. The van der Waals surface area contributed by atoms with E-state index in [1.165, 1.54) is 4.90 Å². The van der Waals surface area contributed by atoms with E-state index in [1.54, 1.807) is 31.4 Å². The summed E-state index contributed by atoms with van der Waals surface area (Å²) in [5.74, 6) is -0.774. The molecular formula is C16H19NO5. The smallest absolute Gasteiger partial charge is 0.323 e. The highest BCUT2D eigenvalue weighted by molar-refractivity contribution is 5.98. The van der Waals surface area contributed by atoms with Crippen LogP contribution < -0.4 is 4.74 Å². The number of carbonyl (C=O) groups is 3. The molecule has 6 heteroatoms. The second kappa shape index (κ2) is 7.06. The van der Waals surface area contributed by atoms with Crippen molar-refractivity contribution in [2.24, 2.45) is 0 Å². The molecule has 1 fully saturated rings. The van der Waals surface area contributed by atoms with Crippen LogP contribution in [0.15, 0.2) is 24.3 Å². The Morgan fingerprint density at radius 2 is 1.82 bits per heavy atom. The molecule has 1 saturated carbocycles. The normalized spacial score (nSPS) is 13.5. The number of hydrogen-bond acceptors (Lipinski definition) is 4. The van der Waals surface area contributed by atoms with Crippen LogP contribution in [0.25, 0.3) is 0 Å². The van der Waals surface area contributed by atoms with E-state index < -0.39 is 5.97 Å². The number of ketones is 1. The van der Waals surface area contributed by atoms with Gasteiger partial charge in [0.05, 0.1) is 7.11 Å². The van der Waals surface area contributed by atoms with Crippen molar-refractivity contribution in [1.82, 2.24) is 4.90 Å². The molecule has 2 rings (SSSR count). The van der Waals surface area contributed by atoms with E-state index in [9.17, 15) is 14.4 Å². The van der Waals surface area contributed by atoms with Crippen molar-refractivity contribution < 1.29 is 24.2 Å². The molecule has 6 nitrogen and oxygen atoms in total. The Kier molecular flexibility index (Phi) is 5.14. The van der Waals surface area contributed by atoms with Gasteiger partial charge in [0.2, 0.25) is 5.91 Å². The third-order valence-electron chi connectivity index (χ3n) is 3.59. The van der Waals surface area contributed by atoms with Gasteiger partial charge in [0, 0.05) is 24.4 Å². The maximum atomic E-state index is 12.1. The first-order chi connectivity index (χ1) is 10.5. The van der Waals surface area contributed by atoms with Crippen molar-refractivity contribution in [3.05, 3.63) is 29.8 Å². The summed E-state index contributed by atoms with van der Waals surface area (Å²) in [5.41, 5.74) is 0.518. The Morgan fingerprint density at radius 3 is 2.32 bits per heavy atom. The van der Waals surface area contributed by atoms with E-state index in [2.05, 4.69) is 0 Å². The number of Topliss-reactive ketones (excluding diaryl/α,β-unsaturated/α-hetero) is 1. The summed E-state index contributed by atoms with van der Waals surface area (Å²) >= 11 is 0. The van der Waals surface area contributed by atoms with Gasteiger partial charge in [-0.25, -0.2) is 0 Å². The molecule has 1 aliphatic rings. The number of carboxylic acids is 1. The van der Waals surface area contributed by atoms with Crippen LogP contribution in [0.2, 0.25) is 0 Å². The summed E-state index contributed by atoms with van der Waals surface area (Å²) in [4.78, 5) is 36.3. The number of aliphatic carboxylic acids is 1. The molecule has 1 aromatic rings. The van der Waals surface area contributed by atoms with Gasteiger partial charge in [-0.1, -0.05) is 0 Å². The molecule has 0 atom stereocenters. The lowest BCUT2D eigenvalue weighted by atomic mass is 10.1. The molecule has 1 aromatic carbocycles. The number of benzene rings is 1. The minimum absolute atomic E-state index is 0.0275. The predicted octanol–water partition coefficient (Wildman–Crippen LogP) is 1.73. The molecular weight excluding hydrogens is 286 g/mol. The molecule has 1 aliphatic carbocycles. The molecule has 0 heterocycles. The molecule has 0 aromatic heterocycles. The molecule has 0 saturated heterocycles. The van der Waals surface area contributed by atoms with E-state index in [0.29, 0.717) is 11.3 Å². The zero-order chi connectivity index (χ0) is 16.1. The fourth-order valence-electron chi connectivity index (χ4n) is 2.24. The third-order valence-corrected chi connectivity index (χ3v) is 3.59. The molecule has 0 radical (unpaired) electrons. The summed E-state index contributed by atoms with van der Waals surface area (Å²) < 4.78 is 5.02. The van der Waals surface area contributed by atoms with Crippen LogP contribution in [0, 0.1) is 0 Å². The van der Waals surface area contributed by atoms with Gasteiger partial charge < -0.3 is 14.7 Å². The number of nitrogens with zero attached hydrogens (tertiary/aromatic N) is 1. The Hall–Kier alpha value is -2.37. The van der Waals surface area contributed by atoms with E-state index in [-0.39, 0.29) is 37.1 Å². The number of carboxylic acid groups (broad SMARTS) is 1. The maximum Gasteiger partial charge on any atom is 0.323 e. The van der Waals surface area contributed by atoms with Gasteiger partial charge in [0.1, 0.15) is 12.3 Å². The fraction of sp³-hybridized carbons (Fsp3) is 0.438. The molecule has 0 unspecified atom stereocenters. The quantitative estimate of drug-likeness (QED) is 0.739. The molecule has 0 aliphatic heterocycles. The zero-order valence-electron chi connectivity index (χ0n) is 12.4. The van der Waals surface area contributed by atoms with E-state index in [1.807, 2.05) is 0 Å². The van der Waals surface area contributed by atoms with Crippen molar-refractivity contribution in [2.75, 3.05) is 13.7 Å². The van der Waals surface area contributed by atoms with Crippen LogP contribution in [-0.2, 0) is 9.59 Å². The minimum Gasteiger partial charge on any atom is -0.497 e. The Labute approximate surface area is 128 Å². The van der Waals surface area contributed by atoms with Crippen LogP contribution in [-0.4, -0.2) is 47.4 Å². The van der Waals surface area contributed by atoms with Crippen LogP contribution in [0.4, 0.5) is 0 Å². The summed E-state index contributed by atoms with van der Waals surface area (Å²) in [6.07, 6.45) is 1.79. The highest BCUT2D eigenvalue weighted by atomic mass is 16.5. The second-order valence-corrected chi connectivity index (χ2v) is 5.30. The van der Waals surface area contributed by atoms with Gasteiger partial charge in [-0.05, 0) is 37.1 Å². The van der Waals surface area contributed by atoms with Crippen molar-refractivity contribution in [3.8, 4) is 5.75 Å². The summed E-state index contributed by atoms with van der Waals surface area (Å²) in [6, 6.07) is 6.72. The summed E-state index contributed by atoms with van der Waals surface area (Å²) in [7, 11) is 1.55. The van der Waals surface area contributed by atoms with Gasteiger partial charge in [-0.2, -0.15) is 0 Å². The highest BCUT2D eigenvalue weighted by Crippen LogP contribution is 2.27. The van der Waals surface area contributed by atoms with Crippen molar-refractivity contribution in [1.29, 1.82) is 0 Å². The monoisotopic (exact) mass is 305 g/mol. The van der Waals surface area contributed by atoms with Crippen LogP contribution >= 0.6 is 0 Å². The lowest BCUT2D eigenvalue weighted by Gasteiger charge is -2.19. The predicted molar refractivity (Wildman–Crippen MR) is 78.9 cm³/mol. The summed E-state index contributed by atoms with van der Waals surface area (Å²) in [5, 5.41) is 8.84. The molecule has 22 heavy (non-hydrogen) atoms. The Morgan fingerprint density at radius 1 is 1.18 bits per heavy atom. The SMILES string of the molecule is COc1ccc(C(=O)CCC(=O)N(CC(=O)O)C2CC2)cc1. The van der Waals surface area contributed by atoms with Crippen LogP contribution in [0.3, 0.4) is 0 Å². The van der Waals surface area contributed by atoms with Crippen molar-refractivity contribution in [2.45, 2.75) is 31.7 Å². The number of hydrogen-bond donors (Lipinski definition) is 1. The van der Waals surface area contributed by atoms with E-state index >= 15 is 0 Å². The second-order valence-electron chi connectivity index (χ2n) is 5.30.